The number of phenolic OH excluding ortho intramolecular Hbond substituents is 1. The number of aromatic hydroxyl groups is 1. The largest absolute Gasteiger partial charge is 0.508 e. The number of likely N-dealkylation sites (N-methyl/N-ethyl adjacent to an activating group) is 1. The first-order valence-electron chi connectivity index (χ1n) is 5.61. The first-order chi connectivity index (χ1) is 8.52. The summed E-state index contributed by atoms with van der Waals surface area (Å²) >= 11 is 0. The average molecular weight is 254 g/mol. The lowest BCUT2D eigenvalue weighted by Gasteiger charge is -2.21. The van der Waals surface area contributed by atoms with E-state index in [0.29, 0.717) is 5.75 Å². The molecule has 1 unspecified atom stereocenters. The van der Waals surface area contributed by atoms with Gasteiger partial charge in [-0.05, 0) is 31.2 Å². The molecule has 0 aromatic heterocycles. The third-order valence-electron chi connectivity index (χ3n) is 2.26. The van der Waals surface area contributed by atoms with E-state index in [0.717, 1.165) is 0 Å². The Balaban J connectivity index is 2.43. The van der Waals surface area contributed by atoms with Crippen molar-refractivity contribution in [2.45, 2.75) is 13.2 Å². The molecular weight excluding hydrogens is 236 g/mol. The lowest BCUT2D eigenvalue weighted by molar-refractivity contribution is 0.151. The highest BCUT2D eigenvalue weighted by Gasteiger charge is 2.12. The highest BCUT2D eigenvalue weighted by atomic mass is 16.5. The Morgan fingerprint density at radius 2 is 2.06 bits per heavy atom. The van der Waals surface area contributed by atoms with Gasteiger partial charge in [0, 0.05) is 13.6 Å². The van der Waals surface area contributed by atoms with Gasteiger partial charge in [-0.15, -0.1) is 0 Å². The molecule has 0 heterocycles. The van der Waals surface area contributed by atoms with Gasteiger partial charge in [-0.25, -0.2) is 4.79 Å². The topological polar surface area (TPSA) is 82.0 Å². The average Bonchev–Trinajstić information content (AvgIpc) is 2.32. The summed E-state index contributed by atoms with van der Waals surface area (Å²) in [5, 5.41) is 20.4. The van der Waals surface area contributed by atoms with Crippen LogP contribution in [0.2, 0.25) is 0 Å². The van der Waals surface area contributed by atoms with E-state index in [4.69, 9.17) is 14.9 Å². The summed E-state index contributed by atoms with van der Waals surface area (Å²) in [6.45, 7) is 1.87. The van der Waals surface area contributed by atoms with E-state index in [1.165, 1.54) is 17.0 Å². The molecule has 1 rings (SSSR count). The van der Waals surface area contributed by atoms with Gasteiger partial charge in [0.15, 0.2) is 6.23 Å². The maximum Gasteiger partial charge on any atom is 0.320 e. The highest BCUT2D eigenvalue weighted by Crippen LogP contribution is 2.16. The molecule has 6 nitrogen and oxygen atoms in total. The summed E-state index contributed by atoms with van der Waals surface area (Å²) in [5.74, 6) is 0.701. The van der Waals surface area contributed by atoms with Gasteiger partial charge in [0.1, 0.15) is 11.5 Å². The summed E-state index contributed by atoms with van der Waals surface area (Å²) in [7, 11) is 1.58. The molecule has 100 valence electrons. The van der Waals surface area contributed by atoms with E-state index in [9.17, 15) is 4.79 Å². The molecule has 1 atom stereocenters. The van der Waals surface area contributed by atoms with Crippen molar-refractivity contribution in [2.75, 3.05) is 20.2 Å². The van der Waals surface area contributed by atoms with Crippen molar-refractivity contribution in [1.82, 2.24) is 10.2 Å². The molecule has 1 aromatic carbocycles. The second kappa shape index (κ2) is 6.70. The third-order valence-corrected chi connectivity index (χ3v) is 2.26. The second-order valence-corrected chi connectivity index (χ2v) is 3.85. The van der Waals surface area contributed by atoms with E-state index in [1.54, 1.807) is 26.1 Å². The van der Waals surface area contributed by atoms with Crippen molar-refractivity contribution in [2.24, 2.45) is 0 Å². The minimum Gasteiger partial charge on any atom is -0.508 e. The van der Waals surface area contributed by atoms with Gasteiger partial charge in [-0.2, -0.15) is 0 Å². The van der Waals surface area contributed by atoms with Gasteiger partial charge < -0.3 is 25.2 Å². The Morgan fingerprint density at radius 1 is 1.44 bits per heavy atom. The van der Waals surface area contributed by atoms with Crippen molar-refractivity contribution >= 4 is 6.03 Å². The van der Waals surface area contributed by atoms with Crippen molar-refractivity contribution < 1.29 is 19.7 Å². The van der Waals surface area contributed by atoms with Gasteiger partial charge in [-0.1, -0.05) is 0 Å². The number of nitrogens with one attached hydrogen (secondary N) is 1. The van der Waals surface area contributed by atoms with Crippen molar-refractivity contribution in [3.8, 4) is 11.5 Å². The Bertz CT molecular complexity index is 380. The van der Waals surface area contributed by atoms with E-state index in [2.05, 4.69) is 5.32 Å². The number of hydrogen-bond donors (Lipinski definition) is 3. The number of aliphatic hydroxyl groups excluding tert-OH is 1. The van der Waals surface area contributed by atoms with Crippen LogP contribution in [0.5, 0.6) is 11.5 Å². The van der Waals surface area contributed by atoms with Crippen molar-refractivity contribution in [3.63, 3.8) is 0 Å². The maximum atomic E-state index is 11.6. The first kappa shape index (κ1) is 14.1. The van der Waals surface area contributed by atoms with Gasteiger partial charge in [0.25, 0.3) is 0 Å². The summed E-state index contributed by atoms with van der Waals surface area (Å²) in [6, 6.07) is 5.89. The standard InChI is InChI=1S/C12H18N2O4/c1-9(13-12(17)14(2)7-8-15)18-11-5-3-10(16)4-6-11/h3-6,9,15-16H,7-8H2,1-2H3,(H,13,17). The molecule has 18 heavy (non-hydrogen) atoms. The van der Waals surface area contributed by atoms with Crippen LogP contribution >= 0.6 is 0 Å². The van der Waals surface area contributed by atoms with Crippen LogP contribution in [0, 0.1) is 0 Å². The molecule has 2 amide bonds. The van der Waals surface area contributed by atoms with Crippen LogP contribution in [0.25, 0.3) is 0 Å². The Morgan fingerprint density at radius 3 is 2.61 bits per heavy atom. The Kier molecular flexibility index (Phi) is 5.26. The van der Waals surface area contributed by atoms with Crippen LogP contribution < -0.4 is 10.1 Å². The van der Waals surface area contributed by atoms with E-state index in [1.807, 2.05) is 0 Å². The number of hydrogen-bond acceptors (Lipinski definition) is 4. The fourth-order valence-electron chi connectivity index (χ4n) is 1.29. The minimum absolute atomic E-state index is 0.0862. The number of benzene rings is 1. The quantitative estimate of drug-likeness (QED) is 0.677. The summed E-state index contributed by atoms with van der Waals surface area (Å²) in [6.07, 6.45) is -0.511. The second-order valence-electron chi connectivity index (χ2n) is 3.85. The molecule has 0 aliphatic carbocycles. The number of carbonyl (C=O) groups is 1. The molecule has 0 aliphatic heterocycles. The zero-order valence-corrected chi connectivity index (χ0v) is 10.5. The number of carbonyl (C=O) groups excluding carboxylic acids is 1. The lowest BCUT2D eigenvalue weighted by Crippen LogP contribution is -2.45. The zero-order valence-electron chi connectivity index (χ0n) is 10.5. The van der Waals surface area contributed by atoms with Crippen LogP contribution in [-0.2, 0) is 0 Å². The summed E-state index contributed by atoms with van der Waals surface area (Å²) in [5.41, 5.74) is 0. The Hall–Kier alpha value is -1.95. The minimum atomic E-state index is -0.511. The number of phenols is 1. The molecule has 0 saturated heterocycles. The zero-order chi connectivity index (χ0) is 13.5. The third kappa shape index (κ3) is 4.50. The number of nitrogens with zero attached hydrogens (tertiary/aromatic N) is 1. The van der Waals surface area contributed by atoms with Crippen LogP contribution in [0.15, 0.2) is 24.3 Å². The number of rotatable bonds is 5. The number of aliphatic hydroxyl groups is 1. The number of amides is 2. The van der Waals surface area contributed by atoms with Crippen LogP contribution in [0.4, 0.5) is 4.79 Å². The normalized spacial score (nSPS) is 11.7. The van der Waals surface area contributed by atoms with Crippen LogP contribution in [0.3, 0.4) is 0 Å². The smallest absolute Gasteiger partial charge is 0.320 e. The Labute approximate surface area is 106 Å². The lowest BCUT2D eigenvalue weighted by atomic mass is 10.3. The first-order valence-corrected chi connectivity index (χ1v) is 5.61. The van der Waals surface area contributed by atoms with Gasteiger partial charge >= 0.3 is 6.03 Å². The number of ether oxygens (including phenoxy) is 1. The highest BCUT2D eigenvalue weighted by molar-refractivity contribution is 5.73. The molecule has 0 spiro atoms. The molecule has 1 aromatic rings. The molecule has 0 aliphatic rings. The van der Waals surface area contributed by atoms with Crippen LogP contribution in [-0.4, -0.2) is 47.6 Å². The van der Waals surface area contributed by atoms with Gasteiger partial charge in [0.2, 0.25) is 0 Å². The monoisotopic (exact) mass is 254 g/mol. The number of urea groups is 1. The van der Waals surface area contributed by atoms with Crippen molar-refractivity contribution in [1.29, 1.82) is 0 Å². The SMILES string of the molecule is CC(NC(=O)N(C)CCO)Oc1ccc(O)cc1. The van der Waals surface area contributed by atoms with Gasteiger partial charge in [-0.3, -0.25) is 0 Å². The maximum absolute atomic E-state index is 11.6. The van der Waals surface area contributed by atoms with Gasteiger partial charge in [0.05, 0.1) is 6.61 Å². The summed E-state index contributed by atoms with van der Waals surface area (Å²) < 4.78 is 5.44. The predicted octanol–water partition coefficient (Wildman–Crippen LogP) is 0.751. The molecule has 0 fully saturated rings. The molecule has 3 N–H and O–H groups in total. The molecule has 0 bridgehead atoms. The molecular formula is C12H18N2O4. The molecule has 6 heteroatoms. The van der Waals surface area contributed by atoms with Crippen LogP contribution in [0.1, 0.15) is 6.92 Å². The predicted molar refractivity (Wildman–Crippen MR) is 66.4 cm³/mol. The van der Waals surface area contributed by atoms with E-state index < -0.39 is 6.23 Å². The molecule has 0 radical (unpaired) electrons. The molecule has 0 saturated carbocycles. The van der Waals surface area contributed by atoms with E-state index in [-0.39, 0.29) is 24.9 Å². The van der Waals surface area contributed by atoms with Crippen molar-refractivity contribution in [3.05, 3.63) is 24.3 Å². The summed E-state index contributed by atoms with van der Waals surface area (Å²) in [4.78, 5) is 12.9. The fourth-order valence-corrected chi connectivity index (χ4v) is 1.29. The van der Waals surface area contributed by atoms with E-state index >= 15 is 0 Å². The fraction of sp³-hybridized carbons (Fsp3) is 0.417.